The molecule has 2 rings (SSSR count). The van der Waals surface area contributed by atoms with Crippen LogP contribution in [0.15, 0.2) is 54.6 Å². The summed E-state index contributed by atoms with van der Waals surface area (Å²) in [5.41, 5.74) is 1.17. The summed E-state index contributed by atoms with van der Waals surface area (Å²) in [5, 5.41) is 8.58. The summed E-state index contributed by atoms with van der Waals surface area (Å²) < 4.78 is 5.53. The van der Waals surface area contributed by atoms with Gasteiger partial charge < -0.3 is 9.84 Å². The molecule has 0 aliphatic heterocycles. The minimum Gasteiger partial charge on any atom is -0.489 e. The van der Waals surface area contributed by atoms with Gasteiger partial charge in [-0.3, -0.25) is 4.79 Å². The van der Waals surface area contributed by atoms with E-state index in [4.69, 9.17) is 9.84 Å². The van der Waals surface area contributed by atoms with Gasteiger partial charge in [-0.1, -0.05) is 30.3 Å². The third kappa shape index (κ3) is 3.42. The lowest BCUT2D eigenvalue weighted by Gasteiger charge is -2.06. The number of hydrogen-bond acceptors (Lipinski definition) is 3. The molecule has 0 bridgehead atoms. The number of ketones is 1. The van der Waals surface area contributed by atoms with Gasteiger partial charge >= 0.3 is 5.97 Å². The van der Waals surface area contributed by atoms with Crippen molar-refractivity contribution in [2.45, 2.75) is 6.61 Å². The smallest absolute Gasteiger partial charge is 0.377 e. The van der Waals surface area contributed by atoms with E-state index in [1.165, 1.54) is 12.1 Å². The zero-order valence-corrected chi connectivity index (χ0v) is 10.1. The molecular formula is C15H12O4. The topological polar surface area (TPSA) is 63.6 Å². The molecule has 0 fully saturated rings. The number of carbonyl (C=O) groups excluding carboxylic acids is 1. The van der Waals surface area contributed by atoms with Crippen molar-refractivity contribution < 1.29 is 19.4 Å². The summed E-state index contributed by atoms with van der Waals surface area (Å²) in [7, 11) is 0. The van der Waals surface area contributed by atoms with E-state index in [9.17, 15) is 9.59 Å². The highest BCUT2D eigenvalue weighted by Gasteiger charge is 2.13. The Balaban J connectivity index is 1.99. The summed E-state index contributed by atoms with van der Waals surface area (Å²) in [6.45, 7) is 0.424. The molecule has 0 aliphatic rings. The molecule has 0 heterocycles. The molecule has 96 valence electrons. The maximum atomic E-state index is 11.2. The number of hydrogen-bond donors (Lipinski definition) is 1. The average Bonchev–Trinajstić information content (AvgIpc) is 2.46. The first-order valence-corrected chi connectivity index (χ1v) is 5.71. The molecule has 19 heavy (non-hydrogen) atoms. The van der Waals surface area contributed by atoms with Crippen LogP contribution in [0.2, 0.25) is 0 Å². The van der Waals surface area contributed by atoms with E-state index in [0.29, 0.717) is 12.4 Å². The van der Waals surface area contributed by atoms with Crippen LogP contribution < -0.4 is 4.74 Å². The van der Waals surface area contributed by atoms with Crippen LogP contribution in [0.1, 0.15) is 15.9 Å². The minimum atomic E-state index is -1.46. The van der Waals surface area contributed by atoms with Gasteiger partial charge in [0, 0.05) is 5.56 Å². The lowest BCUT2D eigenvalue weighted by Crippen LogP contribution is -2.12. The van der Waals surface area contributed by atoms with Gasteiger partial charge in [-0.15, -0.1) is 0 Å². The second-order valence-electron chi connectivity index (χ2n) is 3.93. The van der Waals surface area contributed by atoms with Gasteiger partial charge in [0.05, 0.1) is 0 Å². The fourth-order valence-electron chi connectivity index (χ4n) is 1.57. The molecule has 0 spiro atoms. The Hall–Kier alpha value is -2.62. The van der Waals surface area contributed by atoms with Crippen LogP contribution in [-0.4, -0.2) is 16.9 Å². The molecule has 0 amide bonds. The third-order valence-electron chi connectivity index (χ3n) is 2.56. The Labute approximate surface area is 110 Å². The molecule has 1 N–H and O–H groups in total. The molecule has 0 aliphatic carbocycles. The van der Waals surface area contributed by atoms with Crippen molar-refractivity contribution in [2.75, 3.05) is 0 Å². The van der Waals surface area contributed by atoms with E-state index in [1.54, 1.807) is 12.1 Å². The average molecular weight is 256 g/mol. The number of rotatable bonds is 5. The van der Waals surface area contributed by atoms with E-state index in [1.807, 2.05) is 30.3 Å². The molecule has 2 aromatic rings. The maximum Gasteiger partial charge on any atom is 0.377 e. The van der Waals surface area contributed by atoms with Gasteiger partial charge in [0.15, 0.2) is 0 Å². The predicted octanol–water partition coefficient (Wildman–Crippen LogP) is 2.53. The van der Waals surface area contributed by atoms with Crippen LogP contribution in [-0.2, 0) is 11.4 Å². The highest BCUT2D eigenvalue weighted by molar-refractivity contribution is 6.39. The molecule has 0 saturated carbocycles. The Kier molecular flexibility index (Phi) is 3.93. The Morgan fingerprint density at radius 3 is 2.16 bits per heavy atom. The van der Waals surface area contributed by atoms with Gasteiger partial charge in [0.25, 0.3) is 5.78 Å². The molecule has 4 heteroatoms. The lowest BCUT2D eigenvalue weighted by molar-refractivity contribution is -0.131. The Bertz CT molecular complexity index is 573. The Morgan fingerprint density at radius 2 is 1.58 bits per heavy atom. The number of benzene rings is 2. The number of ether oxygens (including phenoxy) is 1. The van der Waals surface area contributed by atoms with Gasteiger partial charge in [-0.2, -0.15) is 0 Å². The second-order valence-corrected chi connectivity index (χ2v) is 3.93. The SMILES string of the molecule is O=C(O)C(=O)c1ccc(OCc2ccccc2)cc1. The molecule has 0 radical (unpaired) electrons. The standard InChI is InChI=1S/C15H12O4/c16-14(15(17)18)12-6-8-13(9-7-12)19-10-11-4-2-1-3-5-11/h1-9H,10H2,(H,17,18). The van der Waals surface area contributed by atoms with Crippen molar-refractivity contribution >= 4 is 11.8 Å². The number of aliphatic carboxylic acids is 1. The van der Waals surface area contributed by atoms with Crippen molar-refractivity contribution in [1.29, 1.82) is 0 Å². The van der Waals surface area contributed by atoms with Gasteiger partial charge in [-0.25, -0.2) is 4.79 Å². The van der Waals surface area contributed by atoms with Crippen LogP contribution in [0.5, 0.6) is 5.75 Å². The van der Waals surface area contributed by atoms with Crippen molar-refractivity contribution in [2.24, 2.45) is 0 Å². The summed E-state index contributed by atoms with van der Waals surface area (Å²) in [6.07, 6.45) is 0. The molecule has 4 nitrogen and oxygen atoms in total. The van der Waals surface area contributed by atoms with Crippen molar-refractivity contribution in [3.8, 4) is 5.75 Å². The Morgan fingerprint density at radius 1 is 0.947 bits per heavy atom. The van der Waals surface area contributed by atoms with E-state index >= 15 is 0 Å². The van der Waals surface area contributed by atoms with Crippen molar-refractivity contribution in [1.82, 2.24) is 0 Å². The van der Waals surface area contributed by atoms with Crippen LogP contribution in [0.4, 0.5) is 0 Å². The van der Waals surface area contributed by atoms with Crippen LogP contribution >= 0.6 is 0 Å². The third-order valence-corrected chi connectivity index (χ3v) is 2.56. The molecule has 0 saturated heterocycles. The molecule has 2 aromatic carbocycles. The molecular weight excluding hydrogens is 244 g/mol. The summed E-state index contributed by atoms with van der Waals surface area (Å²) >= 11 is 0. The minimum absolute atomic E-state index is 0.138. The molecule has 0 aromatic heterocycles. The fourth-order valence-corrected chi connectivity index (χ4v) is 1.57. The largest absolute Gasteiger partial charge is 0.489 e. The van der Waals surface area contributed by atoms with Crippen LogP contribution in [0, 0.1) is 0 Å². The monoisotopic (exact) mass is 256 g/mol. The van der Waals surface area contributed by atoms with E-state index in [0.717, 1.165) is 5.56 Å². The highest BCUT2D eigenvalue weighted by Crippen LogP contribution is 2.14. The summed E-state index contributed by atoms with van der Waals surface area (Å²) in [4.78, 5) is 21.7. The zero-order valence-electron chi connectivity index (χ0n) is 10.1. The first-order chi connectivity index (χ1) is 9.16. The van der Waals surface area contributed by atoms with E-state index in [-0.39, 0.29) is 5.56 Å². The van der Waals surface area contributed by atoms with Gasteiger partial charge in [0.1, 0.15) is 12.4 Å². The summed E-state index contributed by atoms with van der Waals surface area (Å²) in [6, 6.07) is 15.7. The predicted molar refractivity (Wildman–Crippen MR) is 69.2 cm³/mol. The first-order valence-electron chi connectivity index (χ1n) is 5.71. The highest BCUT2D eigenvalue weighted by atomic mass is 16.5. The number of carboxylic acids is 1. The van der Waals surface area contributed by atoms with Crippen molar-refractivity contribution in [3.05, 3.63) is 65.7 Å². The molecule has 0 atom stereocenters. The maximum absolute atomic E-state index is 11.2. The lowest BCUT2D eigenvalue weighted by atomic mass is 10.1. The quantitative estimate of drug-likeness (QED) is 0.659. The number of carboxylic acid groups (broad SMARTS) is 1. The van der Waals surface area contributed by atoms with E-state index in [2.05, 4.69) is 0 Å². The fraction of sp³-hybridized carbons (Fsp3) is 0.0667. The second kappa shape index (κ2) is 5.82. The van der Waals surface area contributed by atoms with Crippen LogP contribution in [0.3, 0.4) is 0 Å². The first kappa shape index (κ1) is 12.8. The number of Topliss-reactive ketones (excluding diaryl/α,β-unsaturated/α-hetero) is 1. The van der Waals surface area contributed by atoms with Crippen LogP contribution in [0.25, 0.3) is 0 Å². The van der Waals surface area contributed by atoms with Crippen molar-refractivity contribution in [3.63, 3.8) is 0 Å². The number of carbonyl (C=O) groups is 2. The molecule has 0 unspecified atom stereocenters. The van der Waals surface area contributed by atoms with Gasteiger partial charge in [0.2, 0.25) is 0 Å². The van der Waals surface area contributed by atoms with E-state index < -0.39 is 11.8 Å². The van der Waals surface area contributed by atoms with Gasteiger partial charge in [-0.05, 0) is 29.8 Å². The normalized spacial score (nSPS) is 9.89. The summed E-state index contributed by atoms with van der Waals surface area (Å²) in [5.74, 6) is -1.79. The zero-order chi connectivity index (χ0) is 13.7.